The molecule has 1 atom stereocenters. The van der Waals surface area contributed by atoms with Crippen LogP contribution >= 0.6 is 0 Å². The Kier molecular flexibility index (Phi) is 3.86. The van der Waals surface area contributed by atoms with Gasteiger partial charge in [0.25, 0.3) is 0 Å². The van der Waals surface area contributed by atoms with Gasteiger partial charge in [0.15, 0.2) is 0 Å². The molecule has 4 fully saturated rings. The summed E-state index contributed by atoms with van der Waals surface area (Å²) in [6, 6.07) is 4.25. The van der Waals surface area contributed by atoms with Crippen molar-refractivity contribution in [1.82, 2.24) is 24.8 Å². The summed E-state index contributed by atoms with van der Waals surface area (Å²) in [7, 11) is 0. The number of rotatable bonds is 3. The molecule has 2 saturated heterocycles. The van der Waals surface area contributed by atoms with Crippen molar-refractivity contribution in [2.75, 3.05) is 37.6 Å². The summed E-state index contributed by atoms with van der Waals surface area (Å²) >= 11 is 0. The average Bonchev–Trinajstić information content (AvgIpc) is 3.64. The van der Waals surface area contributed by atoms with Crippen LogP contribution in [0.5, 0.6) is 0 Å². The maximum absolute atomic E-state index is 13.7. The minimum atomic E-state index is -0.884. The fourth-order valence-electron chi connectivity index (χ4n) is 5.41. The van der Waals surface area contributed by atoms with Crippen LogP contribution in [-0.2, 0) is 9.59 Å². The SMILES string of the molecule is N#CC1CCN(C(=O)C2(C(=O)N3CCN(c4ncnc5[nH]ccc45)CC34CC4)CC2)C1. The molecule has 4 aliphatic rings. The number of carbonyl (C=O) groups excluding carboxylic acids is 2. The van der Waals surface area contributed by atoms with Gasteiger partial charge in [-0.3, -0.25) is 9.59 Å². The number of fused-ring (bicyclic) bond motifs is 1. The molecule has 0 radical (unpaired) electrons. The first-order valence-corrected chi connectivity index (χ1v) is 11.1. The van der Waals surface area contributed by atoms with E-state index in [0.29, 0.717) is 45.4 Å². The molecule has 4 heterocycles. The second-order valence-corrected chi connectivity index (χ2v) is 9.49. The van der Waals surface area contributed by atoms with E-state index in [9.17, 15) is 9.59 Å². The van der Waals surface area contributed by atoms with Gasteiger partial charge in [0.05, 0.1) is 22.9 Å². The third-order valence-electron chi connectivity index (χ3n) is 7.58. The number of hydrogen-bond donors (Lipinski definition) is 1. The van der Waals surface area contributed by atoms with Gasteiger partial charge in [0.2, 0.25) is 11.8 Å². The summed E-state index contributed by atoms with van der Waals surface area (Å²) in [6.45, 7) is 3.08. The summed E-state index contributed by atoms with van der Waals surface area (Å²) in [5.74, 6) is 0.746. The monoisotopic (exact) mass is 419 g/mol. The fraction of sp³-hybridized carbons (Fsp3) is 0.591. The maximum atomic E-state index is 13.7. The number of hydrogen-bond acceptors (Lipinski definition) is 6. The first kappa shape index (κ1) is 18.6. The zero-order valence-electron chi connectivity index (χ0n) is 17.4. The molecule has 9 heteroatoms. The molecule has 2 aliphatic carbocycles. The Bertz CT molecular complexity index is 1110. The normalized spacial score (nSPS) is 25.6. The highest BCUT2D eigenvalue weighted by atomic mass is 16.2. The molecule has 2 amide bonds. The number of aromatic nitrogens is 3. The molecule has 9 nitrogen and oxygen atoms in total. The van der Waals surface area contributed by atoms with Crippen LogP contribution in [0.15, 0.2) is 18.6 Å². The van der Waals surface area contributed by atoms with Crippen molar-refractivity contribution in [3.05, 3.63) is 18.6 Å². The quantitative estimate of drug-likeness (QED) is 0.751. The molecule has 2 aromatic rings. The lowest BCUT2D eigenvalue weighted by molar-refractivity contribution is -0.151. The Morgan fingerprint density at radius 1 is 1.13 bits per heavy atom. The first-order chi connectivity index (χ1) is 15.1. The van der Waals surface area contributed by atoms with E-state index in [1.807, 2.05) is 17.2 Å². The summed E-state index contributed by atoms with van der Waals surface area (Å²) in [4.78, 5) is 44.9. The van der Waals surface area contributed by atoms with Crippen LogP contribution in [0.2, 0.25) is 0 Å². The van der Waals surface area contributed by atoms with Gasteiger partial charge in [-0.15, -0.1) is 0 Å². The number of nitriles is 1. The standard InChI is InChI=1S/C22H25N7O2/c23-11-15-2-8-27(12-15)19(30)22(5-6-22)20(31)29-10-9-28(13-21(29)3-4-21)18-16-1-7-24-17(16)25-14-26-18/h1,7,14-15H,2-6,8-10,12-13H2,(H,24,25,26). The lowest BCUT2D eigenvalue weighted by atomic mass is 9.99. The van der Waals surface area contributed by atoms with Crippen LogP contribution in [0.25, 0.3) is 11.0 Å². The van der Waals surface area contributed by atoms with Crippen LogP contribution in [0, 0.1) is 22.7 Å². The van der Waals surface area contributed by atoms with Crippen LogP contribution < -0.4 is 4.90 Å². The predicted octanol–water partition coefficient (Wildman–Crippen LogP) is 1.29. The van der Waals surface area contributed by atoms with E-state index in [-0.39, 0.29) is 23.3 Å². The van der Waals surface area contributed by atoms with Crippen LogP contribution in [0.4, 0.5) is 5.82 Å². The van der Waals surface area contributed by atoms with E-state index in [0.717, 1.165) is 36.2 Å². The first-order valence-electron chi connectivity index (χ1n) is 11.1. The fourth-order valence-corrected chi connectivity index (χ4v) is 5.41. The number of amides is 2. The second-order valence-electron chi connectivity index (χ2n) is 9.49. The van der Waals surface area contributed by atoms with Crippen molar-refractivity contribution in [1.29, 1.82) is 5.26 Å². The van der Waals surface area contributed by atoms with Crippen LogP contribution in [-0.4, -0.2) is 74.8 Å². The largest absolute Gasteiger partial charge is 0.352 e. The van der Waals surface area contributed by atoms with Gasteiger partial charge in [0, 0.05) is 38.9 Å². The summed E-state index contributed by atoms with van der Waals surface area (Å²) in [6.07, 6.45) is 7.33. The minimum Gasteiger partial charge on any atom is -0.352 e. The van der Waals surface area contributed by atoms with Gasteiger partial charge in [-0.2, -0.15) is 5.26 Å². The molecule has 2 aliphatic heterocycles. The molecule has 2 saturated carbocycles. The molecule has 2 aromatic heterocycles. The van der Waals surface area contributed by atoms with Gasteiger partial charge in [-0.1, -0.05) is 0 Å². The van der Waals surface area contributed by atoms with E-state index in [1.165, 1.54) is 0 Å². The van der Waals surface area contributed by atoms with E-state index < -0.39 is 5.41 Å². The maximum Gasteiger partial charge on any atom is 0.238 e. The number of aromatic amines is 1. The van der Waals surface area contributed by atoms with Crippen LogP contribution in [0.1, 0.15) is 32.1 Å². The molecule has 1 spiro atoms. The number of carbonyl (C=O) groups is 2. The van der Waals surface area contributed by atoms with Gasteiger partial charge >= 0.3 is 0 Å². The number of H-pyrrole nitrogens is 1. The second kappa shape index (κ2) is 6.42. The average molecular weight is 419 g/mol. The number of likely N-dealkylation sites (tertiary alicyclic amines) is 1. The number of nitrogens with zero attached hydrogens (tertiary/aromatic N) is 6. The van der Waals surface area contributed by atoms with Gasteiger partial charge in [-0.05, 0) is 38.2 Å². The van der Waals surface area contributed by atoms with E-state index in [2.05, 4.69) is 25.9 Å². The molecular formula is C22H25N7O2. The highest BCUT2D eigenvalue weighted by Crippen LogP contribution is 2.54. The molecule has 1 N–H and O–H groups in total. The zero-order valence-corrected chi connectivity index (χ0v) is 17.4. The Hall–Kier alpha value is -3.15. The molecule has 6 rings (SSSR count). The summed E-state index contributed by atoms with van der Waals surface area (Å²) < 4.78 is 0. The van der Waals surface area contributed by atoms with Crippen molar-refractivity contribution in [3.63, 3.8) is 0 Å². The predicted molar refractivity (Wildman–Crippen MR) is 112 cm³/mol. The van der Waals surface area contributed by atoms with Crippen molar-refractivity contribution in [2.45, 2.75) is 37.6 Å². The topological polar surface area (TPSA) is 109 Å². The molecule has 0 bridgehead atoms. The highest BCUT2D eigenvalue weighted by molar-refractivity contribution is 6.08. The summed E-state index contributed by atoms with van der Waals surface area (Å²) in [5, 5.41) is 10.2. The Labute approximate surface area is 180 Å². The van der Waals surface area contributed by atoms with Crippen LogP contribution in [0.3, 0.4) is 0 Å². The lowest BCUT2D eigenvalue weighted by Crippen LogP contribution is -2.60. The molecule has 1 unspecified atom stereocenters. The Morgan fingerprint density at radius 3 is 2.68 bits per heavy atom. The van der Waals surface area contributed by atoms with Gasteiger partial charge < -0.3 is 19.7 Å². The Balaban J connectivity index is 1.21. The molecule has 31 heavy (non-hydrogen) atoms. The molecule has 160 valence electrons. The molecular weight excluding hydrogens is 394 g/mol. The van der Waals surface area contributed by atoms with Gasteiger partial charge in [0.1, 0.15) is 23.2 Å². The number of anilines is 1. The lowest BCUT2D eigenvalue weighted by Gasteiger charge is -2.44. The highest BCUT2D eigenvalue weighted by Gasteiger charge is 2.64. The van der Waals surface area contributed by atoms with Crippen molar-refractivity contribution in [3.8, 4) is 6.07 Å². The van der Waals surface area contributed by atoms with Crippen molar-refractivity contribution in [2.24, 2.45) is 11.3 Å². The van der Waals surface area contributed by atoms with E-state index in [1.54, 1.807) is 11.2 Å². The van der Waals surface area contributed by atoms with Crippen molar-refractivity contribution < 1.29 is 9.59 Å². The van der Waals surface area contributed by atoms with Gasteiger partial charge in [-0.25, -0.2) is 9.97 Å². The number of piperazine rings is 1. The molecule has 0 aromatic carbocycles. The smallest absolute Gasteiger partial charge is 0.238 e. The van der Waals surface area contributed by atoms with Crippen molar-refractivity contribution >= 4 is 28.7 Å². The van der Waals surface area contributed by atoms with E-state index in [4.69, 9.17) is 5.26 Å². The Morgan fingerprint density at radius 2 is 1.97 bits per heavy atom. The number of nitrogens with one attached hydrogen (secondary N) is 1. The third kappa shape index (κ3) is 2.74. The summed E-state index contributed by atoms with van der Waals surface area (Å²) in [5.41, 5.74) is -0.263. The van der Waals surface area contributed by atoms with E-state index >= 15 is 0 Å². The third-order valence-corrected chi connectivity index (χ3v) is 7.58. The minimum absolute atomic E-state index is 0.00420. The zero-order chi connectivity index (χ0) is 21.2.